The van der Waals surface area contributed by atoms with Gasteiger partial charge < -0.3 is 50.9 Å². The molecule has 2 amide bonds. The van der Waals surface area contributed by atoms with Crippen LogP contribution in [0.1, 0.15) is 46.3 Å². The zero-order valence-electron chi connectivity index (χ0n) is 30.9. The van der Waals surface area contributed by atoms with Gasteiger partial charge in [-0.05, 0) is 6.42 Å². The van der Waals surface area contributed by atoms with E-state index in [0.29, 0.717) is 17.7 Å². The van der Waals surface area contributed by atoms with Crippen LogP contribution in [0, 0.1) is 5.41 Å². The molecule has 2 aromatic heterocycles. The molecule has 1 aliphatic rings. The number of allylic oxidation sites excluding steroid dienone is 2. The van der Waals surface area contributed by atoms with Crippen molar-refractivity contribution in [3.8, 4) is 0 Å². The van der Waals surface area contributed by atoms with Crippen molar-refractivity contribution in [2.75, 3.05) is 37.8 Å². The maximum Gasteiger partial charge on any atom is 0.481 e. The number of anilines is 1. The highest BCUT2D eigenvalue weighted by Crippen LogP contribution is 2.61. The molecule has 0 saturated carbocycles. The highest BCUT2D eigenvalue weighted by atomic mass is 32.2. The number of aromatic nitrogens is 4. The third kappa shape index (κ3) is 14.7. The van der Waals surface area contributed by atoms with Gasteiger partial charge in [0.2, 0.25) is 16.9 Å². The number of imidazole rings is 1. The lowest BCUT2D eigenvalue weighted by atomic mass is 9.87. The van der Waals surface area contributed by atoms with Gasteiger partial charge in [0.1, 0.15) is 36.3 Å². The molecule has 2 aromatic rings. The van der Waals surface area contributed by atoms with Crippen LogP contribution in [0.4, 0.5) is 5.82 Å². The van der Waals surface area contributed by atoms with Crippen molar-refractivity contribution in [1.29, 1.82) is 0 Å². The second kappa shape index (κ2) is 20.8. The number of carbonyl (C=O) groups is 3. The summed E-state index contributed by atoms with van der Waals surface area (Å²) >= 11 is 1.04. The molecule has 2 unspecified atom stereocenters. The predicted octanol–water partition coefficient (Wildman–Crippen LogP) is 0.577. The number of phosphoric acid groups is 3. The molecule has 57 heavy (non-hydrogen) atoms. The number of aliphatic hydroxyl groups excluding tert-OH is 2. The first-order valence-electron chi connectivity index (χ1n) is 16.9. The number of phosphoric ester groups is 3. The Hall–Kier alpha value is -2.96. The third-order valence-corrected chi connectivity index (χ3v) is 11.9. The number of nitrogens with zero attached hydrogens (tertiary/aromatic N) is 4. The van der Waals surface area contributed by atoms with E-state index in [2.05, 4.69) is 41.0 Å². The van der Waals surface area contributed by atoms with Gasteiger partial charge in [0.15, 0.2) is 17.7 Å². The van der Waals surface area contributed by atoms with Gasteiger partial charge in [0.05, 0.1) is 19.5 Å². The normalized spacial score (nSPS) is 21.7. The quantitative estimate of drug-likeness (QED) is 0.0319. The van der Waals surface area contributed by atoms with E-state index in [4.69, 9.17) is 19.5 Å². The largest absolute Gasteiger partial charge is 0.481 e. The summed E-state index contributed by atoms with van der Waals surface area (Å²) in [6, 6.07) is 0. The van der Waals surface area contributed by atoms with Crippen molar-refractivity contribution in [1.82, 2.24) is 30.2 Å². The van der Waals surface area contributed by atoms with Crippen LogP contribution in [-0.4, -0.2) is 123 Å². The number of thioether (sulfide) groups is 1. The van der Waals surface area contributed by atoms with Gasteiger partial charge in [-0.1, -0.05) is 57.7 Å². The van der Waals surface area contributed by atoms with Crippen molar-refractivity contribution < 1.29 is 80.5 Å². The van der Waals surface area contributed by atoms with E-state index in [0.717, 1.165) is 35.4 Å². The Kier molecular flexibility index (Phi) is 17.7. The SMILES string of the molecule is C=C/C=C(\CCC)C(=O)SCCNC(=O)CCNC(=O)[C@H](O)C(C)(C)COP(=O)(O)OP(=O)(O)OC[C@H]1O[C@@H](n2cnc3c(N)ncnc32)[C@H](O)[C@@H]1OP(=O)(O)O. The van der Waals surface area contributed by atoms with Gasteiger partial charge in [0, 0.05) is 36.3 Å². The van der Waals surface area contributed by atoms with E-state index >= 15 is 0 Å². The number of rotatable bonds is 23. The van der Waals surface area contributed by atoms with Gasteiger partial charge in [-0.25, -0.2) is 28.6 Å². The fraction of sp³-hybridized carbons (Fsp3) is 0.586. The summed E-state index contributed by atoms with van der Waals surface area (Å²) in [6.07, 6.45) is -2.38. The fourth-order valence-corrected chi connectivity index (χ4v) is 8.61. The summed E-state index contributed by atoms with van der Waals surface area (Å²) < 4.78 is 62.1. The molecule has 7 atom stereocenters. The van der Waals surface area contributed by atoms with Gasteiger partial charge in [0.25, 0.3) is 0 Å². The van der Waals surface area contributed by atoms with E-state index in [9.17, 15) is 57.9 Å². The molecular formula is C29H46N7O17P3S. The maximum atomic E-state index is 12.7. The molecule has 0 spiro atoms. The summed E-state index contributed by atoms with van der Waals surface area (Å²) in [6.45, 7) is 5.98. The number of nitrogen functional groups attached to an aromatic ring is 1. The Morgan fingerprint density at radius 1 is 1.09 bits per heavy atom. The number of hydrogen-bond donors (Lipinski definition) is 9. The number of aliphatic hydroxyl groups is 2. The molecule has 1 saturated heterocycles. The first kappa shape index (κ1) is 48.4. The minimum Gasteiger partial charge on any atom is -0.386 e. The number of carbonyl (C=O) groups excluding carboxylic acids is 3. The van der Waals surface area contributed by atoms with Gasteiger partial charge in [-0.3, -0.25) is 32.5 Å². The summed E-state index contributed by atoms with van der Waals surface area (Å²) in [5.74, 6) is -1.16. The highest BCUT2D eigenvalue weighted by molar-refractivity contribution is 8.14. The van der Waals surface area contributed by atoms with Gasteiger partial charge in [-0.2, -0.15) is 4.31 Å². The first-order valence-corrected chi connectivity index (χ1v) is 22.4. The summed E-state index contributed by atoms with van der Waals surface area (Å²) in [4.78, 5) is 88.0. The van der Waals surface area contributed by atoms with E-state index in [1.54, 1.807) is 6.08 Å². The zero-order chi connectivity index (χ0) is 42.8. The number of amides is 2. The fourth-order valence-electron chi connectivity index (χ4n) is 5.03. The third-order valence-electron chi connectivity index (χ3n) is 7.84. The van der Waals surface area contributed by atoms with Crippen LogP contribution in [0.15, 0.2) is 37.0 Å². The van der Waals surface area contributed by atoms with Gasteiger partial charge >= 0.3 is 23.5 Å². The summed E-state index contributed by atoms with van der Waals surface area (Å²) in [5, 5.41) is 26.3. The number of nitrogens with two attached hydrogens (primary N) is 1. The lowest BCUT2D eigenvalue weighted by molar-refractivity contribution is -0.137. The first-order chi connectivity index (χ1) is 26.5. The van der Waals surface area contributed by atoms with Crippen LogP contribution < -0.4 is 16.4 Å². The van der Waals surface area contributed by atoms with Crippen molar-refractivity contribution in [2.24, 2.45) is 5.41 Å². The van der Waals surface area contributed by atoms with Crippen LogP contribution in [0.25, 0.3) is 11.2 Å². The average molecular weight is 890 g/mol. The summed E-state index contributed by atoms with van der Waals surface area (Å²) in [5.41, 5.74) is 4.87. The predicted molar refractivity (Wildman–Crippen MR) is 200 cm³/mol. The Morgan fingerprint density at radius 2 is 1.77 bits per heavy atom. The molecule has 0 radical (unpaired) electrons. The van der Waals surface area contributed by atoms with Crippen LogP contribution in [0.2, 0.25) is 0 Å². The maximum absolute atomic E-state index is 12.7. The molecule has 320 valence electrons. The standard InChI is InChI=1S/C29H46N7O17P3S/c1-5-7-17(8-6-2)28(41)57-12-11-31-19(37)9-10-32-26(40)23(39)29(3,4)14-50-56(47,48)53-55(45,46)49-13-18-22(52-54(42,43)44)21(38)27(51-18)36-16-35-20-24(30)33-15-34-25(20)36/h5,7,15-16,18,21-23,27,38-39H,1,6,8-14H2,2-4H3,(H,31,37)(H,32,40)(H,45,46)(H,47,48)(H2,30,33,34)(H2,42,43,44)/b17-7+/t18-,21-,22-,23+,27-/m1/s1. The van der Waals surface area contributed by atoms with Crippen molar-refractivity contribution >= 4 is 69.1 Å². The minimum atomic E-state index is -5.57. The average Bonchev–Trinajstić information content (AvgIpc) is 3.67. The molecule has 10 N–H and O–H groups in total. The van der Waals surface area contributed by atoms with Crippen LogP contribution in [-0.2, 0) is 50.7 Å². The summed E-state index contributed by atoms with van der Waals surface area (Å²) in [7, 11) is -16.4. The van der Waals surface area contributed by atoms with Crippen LogP contribution in [0.5, 0.6) is 0 Å². The Bertz CT molecular complexity index is 1930. The minimum absolute atomic E-state index is 0.0289. The molecular weight excluding hydrogens is 843 g/mol. The van der Waals surface area contributed by atoms with E-state index < -0.39 is 84.6 Å². The van der Waals surface area contributed by atoms with Crippen molar-refractivity contribution in [2.45, 2.75) is 70.7 Å². The molecule has 1 fully saturated rings. The Labute approximate surface area is 330 Å². The van der Waals surface area contributed by atoms with E-state index in [-0.39, 0.29) is 41.6 Å². The second-order valence-electron chi connectivity index (χ2n) is 12.9. The topological polar surface area (TPSA) is 364 Å². The van der Waals surface area contributed by atoms with Gasteiger partial charge in [-0.15, -0.1) is 0 Å². The number of hydrogen-bond acceptors (Lipinski definition) is 18. The molecule has 1 aliphatic heterocycles. The highest BCUT2D eigenvalue weighted by Gasteiger charge is 2.50. The molecule has 24 nitrogen and oxygen atoms in total. The smallest absolute Gasteiger partial charge is 0.386 e. The zero-order valence-corrected chi connectivity index (χ0v) is 34.3. The number of nitrogens with one attached hydrogen (secondary N) is 2. The van der Waals surface area contributed by atoms with Crippen LogP contribution >= 0.6 is 35.2 Å². The van der Waals surface area contributed by atoms with E-state index in [1.165, 1.54) is 19.9 Å². The second-order valence-corrected chi connectivity index (χ2v) is 18.2. The Balaban J connectivity index is 1.49. The molecule has 0 aliphatic carbocycles. The van der Waals surface area contributed by atoms with Crippen molar-refractivity contribution in [3.05, 3.63) is 37.0 Å². The molecule has 0 aromatic carbocycles. The van der Waals surface area contributed by atoms with Crippen molar-refractivity contribution in [3.63, 3.8) is 0 Å². The van der Waals surface area contributed by atoms with Crippen LogP contribution in [0.3, 0.4) is 0 Å². The van der Waals surface area contributed by atoms with E-state index in [1.807, 2.05) is 6.92 Å². The Morgan fingerprint density at radius 3 is 2.42 bits per heavy atom. The number of fused-ring (bicyclic) bond motifs is 1. The number of ether oxygens (including phenoxy) is 1. The lowest BCUT2D eigenvalue weighted by Crippen LogP contribution is -2.46. The molecule has 3 heterocycles. The molecule has 28 heteroatoms. The molecule has 0 bridgehead atoms. The monoisotopic (exact) mass is 889 g/mol. The molecule has 3 rings (SSSR count). The lowest BCUT2D eigenvalue weighted by Gasteiger charge is -2.30.